The second-order valence-electron chi connectivity index (χ2n) is 7.46. The van der Waals surface area contributed by atoms with E-state index in [4.69, 9.17) is 28.3 Å². The van der Waals surface area contributed by atoms with Crippen molar-refractivity contribution in [2.24, 2.45) is 13.0 Å². The van der Waals surface area contributed by atoms with Crippen LogP contribution in [0, 0.1) is 5.92 Å². The van der Waals surface area contributed by atoms with Crippen molar-refractivity contribution < 1.29 is 23.1 Å². The van der Waals surface area contributed by atoms with Crippen LogP contribution in [0.5, 0.6) is 0 Å². The van der Waals surface area contributed by atoms with Crippen LogP contribution in [0.1, 0.15) is 17.4 Å². The van der Waals surface area contributed by atoms with Gasteiger partial charge in [0.1, 0.15) is 5.69 Å². The first-order chi connectivity index (χ1) is 15.5. The molecule has 3 rings (SSSR count). The molecular weight excluding hydrogens is 491 g/mol. The van der Waals surface area contributed by atoms with Gasteiger partial charge in [-0.25, -0.2) is 17.9 Å². The number of amides is 3. The van der Waals surface area contributed by atoms with Crippen molar-refractivity contribution >= 4 is 61.8 Å². The van der Waals surface area contributed by atoms with Crippen molar-refractivity contribution in [1.82, 2.24) is 14.6 Å². The van der Waals surface area contributed by atoms with Crippen molar-refractivity contribution in [3.8, 4) is 0 Å². The highest BCUT2D eigenvalue weighted by atomic mass is 35.5. The summed E-state index contributed by atoms with van der Waals surface area (Å²) in [5.74, 6) is -0.636. The average molecular weight is 513 g/mol. The van der Waals surface area contributed by atoms with Gasteiger partial charge in [0.05, 0.1) is 14.9 Å². The number of aliphatic hydroxyl groups is 1. The van der Waals surface area contributed by atoms with Crippen LogP contribution in [-0.2, 0) is 17.1 Å². The minimum atomic E-state index is -4.11. The van der Waals surface area contributed by atoms with Crippen LogP contribution in [0.3, 0.4) is 0 Å². The lowest BCUT2D eigenvalue weighted by Crippen LogP contribution is -2.41. The Hall–Kier alpha value is -2.79. The zero-order valence-electron chi connectivity index (χ0n) is 17.7. The first-order valence-corrected chi connectivity index (χ1v) is 12.0. The third-order valence-electron chi connectivity index (χ3n) is 4.92. The third kappa shape index (κ3) is 5.59. The quantitative estimate of drug-likeness (QED) is 0.385. The smallest absolute Gasteiger partial charge is 0.328 e. The van der Waals surface area contributed by atoms with Crippen molar-refractivity contribution in [3.63, 3.8) is 0 Å². The van der Waals surface area contributed by atoms with E-state index in [9.17, 15) is 18.0 Å². The first kappa shape index (κ1) is 24.8. The number of carbonyl (C=O) groups is 2. The Kier molecular flexibility index (Phi) is 7.53. The Morgan fingerprint density at radius 2 is 1.79 bits per heavy atom. The van der Waals surface area contributed by atoms with E-state index in [2.05, 4.69) is 10.6 Å². The Morgan fingerprint density at radius 3 is 2.42 bits per heavy atom. The minimum Gasteiger partial charge on any atom is -0.396 e. The normalized spacial score (nSPS) is 12.4. The number of anilines is 1. The van der Waals surface area contributed by atoms with Gasteiger partial charge in [0.2, 0.25) is 0 Å². The van der Waals surface area contributed by atoms with Crippen LogP contribution in [0.4, 0.5) is 10.5 Å². The van der Waals surface area contributed by atoms with E-state index in [0.29, 0.717) is 26.8 Å². The van der Waals surface area contributed by atoms with E-state index in [1.165, 1.54) is 24.3 Å². The molecule has 0 fully saturated rings. The maximum absolute atomic E-state index is 12.8. The maximum Gasteiger partial charge on any atom is 0.328 e. The molecule has 9 nitrogen and oxygen atoms in total. The lowest BCUT2D eigenvalue weighted by Gasteiger charge is -2.12. The lowest BCUT2D eigenvalue weighted by molar-refractivity contribution is 0.101. The largest absolute Gasteiger partial charge is 0.396 e. The number of fused-ring (bicyclic) bond motifs is 1. The van der Waals surface area contributed by atoms with Crippen LogP contribution >= 0.6 is 23.2 Å². The Labute approximate surface area is 200 Å². The van der Waals surface area contributed by atoms with Gasteiger partial charge in [-0.3, -0.25) is 4.79 Å². The number of nitrogens with zero attached hydrogens (tertiary/aromatic N) is 1. The molecule has 4 N–H and O–H groups in total. The predicted octanol–water partition coefficient (Wildman–Crippen LogP) is 3.35. The fourth-order valence-electron chi connectivity index (χ4n) is 3.03. The van der Waals surface area contributed by atoms with Crippen LogP contribution in [0.25, 0.3) is 10.9 Å². The number of hydrogen-bond donors (Lipinski definition) is 4. The highest BCUT2D eigenvalue weighted by Crippen LogP contribution is 2.32. The molecule has 0 spiro atoms. The molecule has 176 valence electrons. The molecule has 0 aliphatic rings. The molecule has 0 aliphatic heterocycles. The zero-order chi connectivity index (χ0) is 24.3. The number of halogens is 2. The molecular formula is C21H22Cl2N4O5S. The van der Waals surface area contributed by atoms with Gasteiger partial charge in [0, 0.05) is 36.8 Å². The van der Waals surface area contributed by atoms with E-state index in [0.717, 1.165) is 5.52 Å². The molecule has 1 aromatic heterocycles. The fraction of sp³-hybridized carbons (Fsp3) is 0.238. The monoisotopic (exact) mass is 512 g/mol. The van der Waals surface area contributed by atoms with Crippen molar-refractivity contribution in [3.05, 3.63) is 58.2 Å². The van der Waals surface area contributed by atoms with E-state index < -0.39 is 22.0 Å². The number of hydrogen-bond acceptors (Lipinski definition) is 5. The van der Waals surface area contributed by atoms with Gasteiger partial charge in [0.25, 0.3) is 15.9 Å². The Bertz CT molecular complexity index is 1310. The van der Waals surface area contributed by atoms with Gasteiger partial charge in [-0.15, -0.1) is 0 Å². The topological polar surface area (TPSA) is 130 Å². The minimum absolute atomic E-state index is 0.119. The van der Waals surface area contributed by atoms with Crippen LogP contribution in [-0.4, -0.2) is 43.2 Å². The second-order valence-corrected chi connectivity index (χ2v) is 9.93. The highest BCUT2D eigenvalue weighted by molar-refractivity contribution is 7.90. The number of benzene rings is 2. The first-order valence-electron chi connectivity index (χ1n) is 9.80. The molecule has 0 bridgehead atoms. The summed E-state index contributed by atoms with van der Waals surface area (Å²) in [6, 6.07) is 9.47. The zero-order valence-corrected chi connectivity index (χ0v) is 20.1. The Balaban J connectivity index is 1.71. The van der Waals surface area contributed by atoms with Gasteiger partial charge in [-0.05, 0) is 48.4 Å². The molecule has 33 heavy (non-hydrogen) atoms. The molecule has 0 aliphatic carbocycles. The number of aliphatic hydroxyl groups excluding tert-OH is 1. The number of sulfonamides is 1. The van der Waals surface area contributed by atoms with E-state index in [1.807, 2.05) is 4.72 Å². The van der Waals surface area contributed by atoms with Gasteiger partial charge in [0.15, 0.2) is 0 Å². The summed E-state index contributed by atoms with van der Waals surface area (Å²) in [5.41, 5.74) is 1.42. The molecule has 12 heteroatoms. The van der Waals surface area contributed by atoms with Crippen molar-refractivity contribution in [1.29, 1.82) is 0 Å². The summed E-state index contributed by atoms with van der Waals surface area (Å²) in [4.78, 5) is 24.4. The van der Waals surface area contributed by atoms with E-state index in [-0.39, 0.29) is 24.0 Å². The highest BCUT2D eigenvalue weighted by Gasteiger charge is 2.19. The number of aromatic nitrogens is 1. The fourth-order valence-corrected chi connectivity index (χ4v) is 4.34. The van der Waals surface area contributed by atoms with E-state index >= 15 is 0 Å². The van der Waals surface area contributed by atoms with Crippen molar-refractivity contribution in [2.75, 3.05) is 18.5 Å². The van der Waals surface area contributed by atoms with Gasteiger partial charge < -0.3 is 20.3 Å². The van der Waals surface area contributed by atoms with Gasteiger partial charge >= 0.3 is 6.03 Å². The standard InChI is InChI=1S/C21H22Cl2N4O5S/c1-12(11-28)10-24-21(30)26-33(31,32)14-5-3-13(4-6-14)25-20(29)18-9-15-17(27(18)2)8-7-16(22)19(15)23/h3-9,12,28H,10-11H2,1-2H3,(H,25,29)(H2,24,26,30). The van der Waals surface area contributed by atoms with Gasteiger partial charge in [-0.1, -0.05) is 30.1 Å². The number of carbonyl (C=O) groups excluding carboxylic acids is 2. The molecule has 1 atom stereocenters. The maximum atomic E-state index is 12.8. The van der Waals surface area contributed by atoms with Gasteiger partial charge in [-0.2, -0.15) is 0 Å². The summed E-state index contributed by atoms with van der Waals surface area (Å²) >= 11 is 12.3. The molecule has 3 aromatic rings. The molecule has 3 amide bonds. The Morgan fingerprint density at radius 1 is 1.12 bits per heavy atom. The van der Waals surface area contributed by atoms with Crippen LogP contribution in [0.15, 0.2) is 47.4 Å². The second kappa shape index (κ2) is 10.0. The summed E-state index contributed by atoms with van der Waals surface area (Å²) in [6.45, 7) is 1.68. The molecule has 0 saturated heterocycles. The molecule has 1 unspecified atom stereocenters. The average Bonchev–Trinajstić information content (AvgIpc) is 3.11. The number of rotatable bonds is 7. The van der Waals surface area contributed by atoms with E-state index in [1.54, 1.807) is 36.7 Å². The van der Waals surface area contributed by atoms with Crippen LogP contribution < -0.4 is 15.4 Å². The summed E-state index contributed by atoms with van der Waals surface area (Å²) in [6.07, 6.45) is 0. The van der Waals surface area contributed by atoms with Crippen LogP contribution in [0.2, 0.25) is 10.0 Å². The SMILES string of the molecule is CC(CO)CNC(=O)NS(=O)(=O)c1ccc(NC(=O)c2cc3c(Cl)c(Cl)ccc3n2C)cc1. The molecule has 1 heterocycles. The molecule has 0 saturated carbocycles. The molecule has 2 aromatic carbocycles. The summed E-state index contributed by atoms with van der Waals surface area (Å²) in [7, 11) is -2.40. The number of nitrogens with one attached hydrogen (secondary N) is 3. The lowest BCUT2D eigenvalue weighted by atomic mass is 10.2. The summed E-state index contributed by atoms with van der Waals surface area (Å²) < 4.78 is 28.3. The predicted molar refractivity (Wildman–Crippen MR) is 127 cm³/mol. The number of urea groups is 1. The molecule has 0 radical (unpaired) electrons. The third-order valence-corrected chi connectivity index (χ3v) is 7.08. The van der Waals surface area contributed by atoms with Crippen molar-refractivity contribution in [2.45, 2.75) is 11.8 Å². The number of aryl methyl sites for hydroxylation is 1. The summed E-state index contributed by atoms with van der Waals surface area (Å²) in [5, 5.41) is 15.4.